The maximum absolute atomic E-state index is 1.74. The van der Waals surface area contributed by atoms with Crippen molar-refractivity contribution in [1.82, 2.24) is 0 Å². The van der Waals surface area contributed by atoms with Crippen LogP contribution in [0, 0.1) is 0 Å². The van der Waals surface area contributed by atoms with E-state index in [-0.39, 0.29) is 12.3 Å². The topological polar surface area (TPSA) is 0 Å². The van der Waals surface area contributed by atoms with Crippen molar-refractivity contribution in [3.63, 3.8) is 0 Å². The Morgan fingerprint density at radius 3 is 1.00 bits per heavy atom. The van der Waals surface area contributed by atoms with Gasteiger partial charge in [-0.25, -0.2) is 0 Å². The molecule has 0 aromatic carbocycles. The van der Waals surface area contributed by atoms with Gasteiger partial charge in [-0.1, -0.05) is 0 Å². The molecule has 3 fully saturated rings. The molecule has 3 aliphatic rings. The molecule has 0 N–H and O–H groups in total. The molecule has 0 bridgehead atoms. The van der Waals surface area contributed by atoms with Crippen molar-refractivity contribution >= 4 is 38.0 Å². The van der Waals surface area contributed by atoms with Crippen LogP contribution in [0.1, 0.15) is 0 Å². The van der Waals surface area contributed by atoms with Gasteiger partial charge in [-0.2, -0.15) is 0 Å². The van der Waals surface area contributed by atoms with E-state index in [1.54, 1.807) is 25.7 Å². The van der Waals surface area contributed by atoms with Gasteiger partial charge in [-0.3, -0.25) is 0 Å². The summed E-state index contributed by atoms with van der Waals surface area (Å²) in [6, 6.07) is 0. The van der Waals surface area contributed by atoms with Crippen LogP contribution >= 0.6 is 0 Å². The summed E-state index contributed by atoms with van der Waals surface area (Å²) in [4.78, 5) is 0. The second kappa shape index (κ2) is 0.328. The fourth-order valence-electron chi connectivity index (χ4n) is 0.750. The molecule has 5 heteroatoms. The van der Waals surface area contributed by atoms with Crippen LogP contribution < -0.4 is 0 Å². The Hall–Kier alpha value is 1.08. The normalized spacial score (nSPS) is 91.2. The van der Waals surface area contributed by atoms with Gasteiger partial charge in [0.25, 0.3) is 0 Å². The third kappa shape index (κ3) is 0.0992. The highest BCUT2D eigenvalue weighted by Crippen LogP contribution is 2.62. The number of rotatable bonds is 0. The molecule has 0 nitrogen and oxygen atoms in total. The molecule has 3 saturated heterocycles. The second-order valence-corrected chi connectivity index (χ2v) is 50.6. The maximum Gasteiger partial charge on any atom is 0 e. The third-order valence-corrected chi connectivity index (χ3v) is 101. The van der Waals surface area contributed by atoms with Gasteiger partial charge in [0.05, 0.1) is 0 Å². The van der Waals surface area contributed by atoms with E-state index in [9.17, 15) is 0 Å². The summed E-state index contributed by atoms with van der Waals surface area (Å²) in [5, 5.41) is 0. The minimum absolute atomic E-state index is 0.174. The lowest BCUT2D eigenvalue weighted by atomic mass is 26.1. The van der Waals surface area contributed by atoms with E-state index in [0.717, 1.165) is 0 Å². The molecule has 3 heterocycles. The van der Waals surface area contributed by atoms with E-state index in [4.69, 9.17) is 0 Å². The molecule has 5 heavy (non-hydrogen) atoms. The quantitative estimate of drug-likeness (QED) is 0.345. The van der Waals surface area contributed by atoms with Gasteiger partial charge in [0.15, 0.2) is 0 Å². The predicted molar refractivity (Wildman–Crippen MR) is 28.8 cm³/mol. The molecule has 0 aliphatic carbocycles. The van der Waals surface area contributed by atoms with Crippen molar-refractivity contribution in [2.75, 3.05) is 0 Å². The van der Waals surface area contributed by atoms with Gasteiger partial charge in [0.1, 0.15) is 0 Å². The Bertz CT molecular complexity index is 81.4. The molecule has 0 unspecified atom stereocenters. The van der Waals surface area contributed by atoms with E-state index < -0.39 is 0 Å². The van der Waals surface area contributed by atoms with Gasteiger partial charge in [-0.15, -0.1) is 0 Å². The monoisotopic (exact) mass is 140 g/mol. The summed E-state index contributed by atoms with van der Waals surface area (Å²) in [5.41, 5.74) is 0. The molecule has 0 aromatic rings. The van der Waals surface area contributed by atoms with Crippen LogP contribution in [0.5, 0.6) is 0 Å². The van der Waals surface area contributed by atoms with Crippen molar-refractivity contribution in [3.8, 4) is 0 Å². The lowest BCUT2D eigenvalue weighted by molar-refractivity contribution is 3.76. The van der Waals surface area contributed by atoms with Crippen LogP contribution in [0.3, 0.4) is 0 Å². The van der Waals surface area contributed by atoms with Gasteiger partial charge in [0, 0.05) is 38.0 Å². The van der Waals surface area contributed by atoms with Crippen molar-refractivity contribution in [3.05, 3.63) is 0 Å². The Kier molecular flexibility index (Phi) is 0.158. The molecule has 0 saturated carbocycles. The summed E-state index contributed by atoms with van der Waals surface area (Å²) in [6.45, 7) is 0. The van der Waals surface area contributed by atoms with Crippen LogP contribution in [0.4, 0.5) is 0 Å². The van der Waals surface area contributed by atoms with Gasteiger partial charge < -0.3 is 0 Å². The van der Waals surface area contributed by atoms with Gasteiger partial charge in [0.2, 0.25) is 0 Å². The van der Waals surface area contributed by atoms with Crippen LogP contribution in [-0.2, 0) is 0 Å². The van der Waals surface area contributed by atoms with Crippen LogP contribution in [0.25, 0.3) is 0 Å². The first-order valence-corrected chi connectivity index (χ1v) is 15.8. The molecule has 20 valence electrons. The zero-order valence-electron chi connectivity index (χ0n) is 2.50. The minimum Gasteiger partial charge on any atom is 0 e. The summed E-state index contributed by atoms with van der Waals surface area (Å²) in [5.74, 6) is 0. The predicted octanol–water partition coefficient (Wildman–Crippen LogP) is -1.90. The van der Waals surface area contributed by atoms with Crippen LogP contribution in [-0.4, -0.2) is 38.0 Å². The van der Waals surface area contributed by atoms with E-state index in [1.165, 1.54) is 0 Å². The Morgan fingerprint density at radius 1 is 0.800 bits per heavy atom. The SMILES string of the molecule is [Si]1[Si]23[Si][Si]12[Si]3. The Morgan fingerprint density at radius 2 is 1.00 bits per heavy atom. The van der Waals surface area contributed by atoms with Crippen LogP contribution in [0.15, 0.2) is 0 Å². The van der Waals surface area contributed by atoms with E-state index in [0.29, 0.717) is 0 Å². The smallest absolute Gasteiger partial charge is 0 e. The molecule has 0 amide bonds. The number of hydrogen-bond donors (Lipinski definition) is 0. The molecular weight excluding hydrogens is 140 g/mol. The van der Waals surface area contributed by atoms with Crippen molar-refractivity contribution < 1.29 is 0 Å². The van der Waals surface area contributed by atoms with Crippen LogP contribution in [0.2, 0.25) is 0 Å². The lowest BCUT2D eigenvalue weighted by Gasteiger charge is -2.00. The maximum atomic E-state index is 1.74. The zero-order chi connectivity index (χ0) is 3.12. The van der Waals surface area contributed by atoms with E-state index >= 15 is 0 Å². The molecule has 0 spiro atoms. The average Bonchev–Trinajstić information content (AvgIpc) is 1.30. The zero-order valence-corrected chi connectivity index (χ0v) is 7.50. The van der Waals surface area contributed by atoms with Crippen molar-refractivity contribution in [2.45, 2.75) is 0 Å². The average molecular weight is 140 g/mol. The fraction of sp³-hybridized carbons (Fsp3) is 0. The minimum atomic E-state index is 0.174. The lowest BCUT2D eigenvalue weighted by Crippen LogP contribution is -2.38. The van der Waals surface area contributed by atoms with E-state index in [2.05, 4.69) is 0 Å². The van der Waals surface area contributed by atoms with Gasteiger partial charge in [-0.05, 0) is 0 Å². The Balaban J connectivity index is 2.58. The first-order valence-electron chi connectivity index (χ1n) is 1.75. The highest BCUT2D eigenvalue weighted by atomic mass is 31.1. The molecule has 3 aliphatic heterocycles. The molecule has 3 rings (SSSR count). The first kappa shape index (κ1) is 2.41. The molecular formula is Si5. The second-order valence-electron chi connectivity index (χ2n) is 1.88. The third-order valence-electron chi connectivity index (χ3n) is 1.50. The summed E-state index contributed by atoms with van der Waals surface area (Å²) < 4.78 is 0. The highest BCUT2D eigenvalue weighted by Gasteiger charge is 3.00. The Labute approximate surface area is 38.4 Å². The molecule has 0 aromatic heterocycles. The molecule has 6 radical (unpaired) electrons. The van der Waals surface area contributed by atoms with E-state index in [1.807, 2.05) is 0 Å². The largest absolute Gasteiger partial charge is 0 e. The standard InChI is InChI=1S/Si5/c1-4-2-5(1,4)3-4. The highest BCUT2D eigenvalue weighted by molar-refractivity contribution is 8.75. The first-order chi connectivity index (χ1) is 2.37. The number of hydrogen-bond acceptors (Lipinski definition) is 0. The summed E-state index contributed by atoms with van der Waals surface area (Å²) >= 11 is 0. The molecule has 0 atom stereocenters. The fourth-order valence-corrected chi connectivity index (χ4v) is 152. The summed E-state index contributed by atoms with van der Waals surface area (Å²) in [6.07, 6.45) is 0.347. The van der Waals surface area contributed by atoms with Crippen molar-refractivity contribution in [2.24, 2.45) is 0 Å². The van der Waals surface area contributed by atoms with Crippen molar-refractivity contribution in [1.29, 1.82) is 0 Å². The van der Waals surface area contributed by atoms with Gasteiger partial charge >= 0.3 is 0 Å². The summed E-state index contributed by atoms with van der Waals surface area (Å²) in [7, 11) is 5.21.